The highest BCUT2D eigenvalue weighted by Crippen LogP contribution is 2.27. The minimum absolute atomic E-state index is 0. The quantitative estimate of drug-likeness (QED) is 0.625. The van der Waals surface area contributed by atoms with Crippen molar-refractivity contribution in [2.45, 2.75) is 18.9 Å². The van der Waals surface area contributed by atoms with E-state index in [2.05, 4.69) is 9.98 Å². The Morgan fingerprint density at radius 3 is 2.71 bits per heavy atom. The highest BCUT2D eigenvalue weighted by atomic mass is 35.5. The van der Waals surface area contributed by atoms with Gasteiger partial charge in [-0.25, -0.2) is 9.98 Å². The summed E-state index contributed by atoms with van der Waals surface area (Å²) in [4.78, 5) is 21.3. The molecule has 2 heterocycles. The summed E-state index contributed by atoms with van der Waals surface area (Å²) in [7, 11) is 3.29. The Labute approximate surface area is 170 Å². The molecule has 0 aliphatic carbocycles. The van der Waals surface area contributed by atoms with Crippen molar-refractivity contribution in [2.75, 3.05) is 20.3 Å². The molecule has 0 amide bonds. The molecular formula is C20H25ClN4O3. The molecule has 0 bridgehead atoms. The lowest BCUT2D eigenvalue weighted by Gasteiger charge is -2.18. The van der Waals surface area contributed by atoms with Crippen molar-refractivity contribution in [1.29, 1.82) is 0 Å². The number of benzene rings is 1. The van der Waals surface area contributed by atoms with Crippen LogP contribution in [0.15, 0.2) is 51.3 Å². The normalized spacial score (nSPS) is 15.4. The van der Waals surface area contributed by atoms with E-state index in [4.69, 9.17) is 15.2 Å². The topological polar surface area (TPSA) is 91.2 Å². The zero-order chi connectivity index (χ0) is 19.2. The fraction of sp³-hybridized carbons (Fsp3) is 0.350. The molecule has 2 N–H and O–H groups in total. The standard InChI is InChI=1S/C20H24N4O3.ClH/c1-24-13-14(12-22-20(21)23-15-7-9-27-10-8-15)11-17(19(24)25)16-5-3-4-6-18(16)26-2;/h3-6,11-13,15H,7-10H2,1-2H3,(H2,21,23);1H. The number of hydrogen-bond acceptors (Lipinski definition) is 4. The van der Waals surface area contributed by atoms with Crippen molar-refractivity contribution >= 4 is 24.6 Å². The minimum Gasteiger partial charge on any atom is -0.496 e. The average molecular weight is 405 g/mol. The number of guanidine groups is 1. The number of rotatable bonds is 4. The van der Waals surface area contributed by atoms with Crippen molar-refractivity contribution < 1.29 is 9.47 Å². The zero-order valence-corrected chi connectivity index (χ0v) is 16.8. The molecule has 1 aromatic heterocycles. The second-order valence-electron chi connectivity index (χ2n) is 6.39. The van der Waals surface area contributed by atoms with Crippen LogP contribution in [0.1, 0.15) is 18.4 Å². The van der Waals surface area contributed by atoms with Crippen LogP contribution in [0.5, 0.6) is 5.75 Å². The van der Waals surface area contributed by atoms with Crippen LogP contribution in [0.4, 0.5) is 0 Å². The molecule has 0 unspecified atom stereocenters. The Hall–Kier alpha value is -2.64. The van der Waals surface area contributed by atoms with Crippen molar-refractivity contribution in [1.82, 2.24) is 4.57 Å². The number of hydrogen-bond donors (Lipinski definition) is 1. The van der Waals surface area contributed by atoms with E-state index in [0.717, 1.165) is 24.0 Å². The van der Waals surface area contributed by atoms with Crippen LogP contribution in [0.25, 0.3) is 11.1 Å². The van der Waals surface area contributed by atoms with Crippen LogP contribution in [0.2, 0.25) is 0 Å². The summed E-state index contributed by atoms with van der Waals surface area (Å²) >= 11 is 0. The number of halogens is 1. The Morgan fingerprint density at radius 1 is 1.29 bits per heavy atom. The van der Waals surface area contributed by atoms with Gasteiger partial charge in [0, 0.05) is 43.8 Å². The molecule has 0 spiro atoms. The fourth-order valence-corrected chi connectivity index (χ4v) is 3.04. The van der Waals surface area contributed by atoms with Crippen LogP contribution >= 0.6 is 12.4 Å². The molecule has 0 saturated carbocycles. The van der Waals surface area contributed by atoms with E-state index in [0.29, 0.717) is 24.5 Å². The smallest absolute Gasteiger partial charge is 0.258 e. The molecule has 7 nitrogen and oxygen atoms in total. The Bertz CT molecular complexity index is 918. The first-order valence-electron chi connectivity index (χ1n) is 8.87. The van der Waals surface area contributed by atoms with Crippen molar-refractivity contribution in [2.24, 2.45) is 22.8 Å². The number of nitrogens with two attached hydrogens (primary N) is 1. The Kier molecular flexibility index (Phi) is 7.78. The zero-order valence-electron chi connectivity index (χ0n) is 16.0. The summed E-state index contributed by atoms with van der Waals surface area (Å²) in [5, 5.41) is 0. The van der Waals surface area contributed by atoms with Gasteiger partial charge in [-0.05, 0) is 25.0 Å². The molecule has 0 atom stereocenters. The molecule has 1 aliphatic rings. The van der Waals surface area contributed by atoms with E-state index in [1.807, 2.05) is 24.3 Å². The van der Waals surface area contributed by atoms with E-state index >= 15 is 0 Å². The summed E-state index contributed by atoms with van der Waals surface area (Å²) in [6, 6.07) is 9.36. The first-order valence-corrected chi connectivity index (χ1v) is 8.87. The van der Waals surface area contributed by atoms with Gasteiger partial charge in [-0.2, -0.15) is 0 Å². The molecule has 150 valence electrons. The van der Waals surface area contributed by atoms with Crippen molar-refractivity contribution in [3.05, 3.63) is 52.4 Å². The minimum atomic E-state index is -0.111. The molecule has 3 rings (SSSR count). The van der Waals surface area contributed by atoms with Gasteiger partial charge in [-0.15, -0.1) is 12.4 Å². The lowest BCUT2D eigenvalue weighted by molar-refractivity contribution is 0.0871. The molecule has 1 aromatic carbocycles. The lowest BCUT2D eigenvalue weighted by Crippen LogP contribution is -2.22. The average Bonchev–Trinajstić information content (AvgIpc) is 2.69. The van der Waals surface area contributed by atoms with Gasteiger partial charge in [-0.3, -0.25) is 4.79 Å². The number of aryl methyl sites for hydroxylation is 1. The van der Waals surface area contributed by atoms with Gasteiger partial charge in [0.2, 0.25) is 5.96 Å². The number of aliphatic imine (C=N–C) groups is 2. The first kappa shape index (κ1) is 21.7. The van der Waals surface area contributed by atoms with Crippen molar-refractivity contribution in [3.63, 3.8) is 0 Å². The first-order chi connectivity index (χ1) is 13.1. The third-order valence-electron chi connectivity index (χ3n) is 4.45. The van der Waals surface area contributed by atoms with Crippen LogP contribution in [0.3, 0.4) is 0 Å². The van der Waals surface area contributed by atoms with Crippen LogP contribution in [-0.2, 0) is 11.8 Å². The van der Waals surface area contributed by atoms with Gasteiger partial charge in [0.05, 0.1) is 18.7 Å². The predicted octanol–water partition coefficient (Wildman–Crippen LogP) is 2.40. The van der Waals surface area contributed by atoms with E-state index in [9.17, 15) is 4.79 Å². The maximum atomic E-state index is 12.6. The molecule has 28 heavy (non-hydrogen) atoms. The summed E-state index contributed by atoms with van der Waals surface area (Å²) in [6.07, 6.45) is 5.05. The highest BCUT2D eigenvalue weighted by Gasteiger charge is 2.13. The molecule has 0 radical (unpaired) electrons. The summed E-state index contributed by atoms with van der Waals surface area (Å²) in [6.45, 7) is 1.41. The lowest BCUT2D eigenvalue weighted by atomic mass is 10.0. The third-order valence-corrected chi connectivity index (χ3v) is 4.45. The van der Waals surface area contributed by atoms with Crippen LogP contribution < -0.4 is 16.0 Å². The van der Waals surface area contributed by atoms with Gasteiger partial charge in [0.25, 0.3) is 5.56 Å². The number of ether oxygens (including phenoxy) is 2. The second kappa shape index (κ2) is 10.1. The SMILES string of the molecule is COc1ccccc1-c1cc(C=NC(N)=NC2CCOCC2)cn(C)c1=O.Cl. The van der Waals surface area contributed by atoms with E-state index in [-0.39, 0.29) is 30.0 Å². The summed E-state index contributed by atoms with van der Waals surface area (Å²) in [5.74, 6) is 0.874. The molecule has 1 saturated heterocycles. The maximum absolute atomic E-state index is 12.6. The van der Waals surface area contributed by atoms with Gasteiger partial charge < -0.3 is 19.8 Å². The van der Waals surface area contributed by atoms with Crippen LogP contribution in [0, 0.1) is 0 Å². The van der Waals surface area contributed by atoms with Crippen molar-refractivity contribution in [3.8, 4) is 16.9 Å². The summed E-state index contributed by atoms with van der Waals surface area (Å²) in [5.41, 5.74) is 7.86. The predicted molar refractivity (Wildman–Crippen MR) is 114 cm³/mol. The molecule has 2 aromatic rings. The number of aromatic nitrogens is 1. The Balaban J connectivity index is 0.00000280. The van der Waals surface area contributed by atoms with E-state index in [1.54, 1.807) is 32.6 Å². The fourth-order valence-electron chi connectivity index (χ4n) is 3.04. The van der Waals surface area contributed by atoms with Gasteiger partial charge in [-0.1, -0.05) is 18.2 Å². The summed E-state index contributed by atoms with van der Waals surface area (Å²) < 4.78 is 12.2. The largest absolute Gasteiger partial charge is 0.496 e. The highest BCUT2D eigenvalue weighted by molar-refractivity contribution is 5.93. The molecular weight excluding hydrogens is 380 g/mol. The molecule has 1 aliphatic heterocycles. The third kappa shape index (κ3) is 5.21. The number of nitrogens with zero attached hydrogens (tertiary/aromatic N) is 3. The van der Waals surface area contributed by atoms with Gasteiger partial charge >= 0.3 is 0 Å². The van der Waals surface area contributed by atoms with E-state index < -0.39 is 0 Å². The number of pyridine rings is 1. The second-order valence-corrected chi connectivity index (χ2v) is 6.39. The number of para-hydroxylation sites is 1. The number of methoxy groups -OCH3 is 1. The Morgan fingerprint density at radius 2 is 2.00 bits per heavy atom. The monoisotopic (exact) mass is 404 g/mol. The van der Waals surface area contributed by atoms with Gasteiger partial charge in [0.15, 0.2) is 0 Å². The maximum Gasteiger partial charge on any atom is 0.258 e. The molecule has 1 fully saturated rings. The van der Waals surface area contributed by atoms with Crippen LogP contribution in [-0.4, -0.2) is 43.1 Å². The molecule has 8 heteroatoms. The van der Waals surface area contributed by atoms with E-state index in [1.165, 1.54) is 4.57 Å². The van der Waals surface area contributed by atoms with Gasteiger partial charge in [0.1, 0.15) is 5.75 Å².